The summed E-state index contributed by atoms with van der Waals surface area (Å²) in [5, 5.41) is 3.73. The van der Waals surface area contributed by atoms with Crippen molar-refractivity contribution in [3.05, 3.63) is 24.3 Å². The van der Waals surface area contributed by atoms with E-state index >= 15 is 0 Å². The van der Waals surface area contributed by atoms with Crippen LogP contribution >= 0.6 is 11.8 Å². The summed E-state index contributed by atoms with van der Waals surface area (Å²) >= 11 is 1.89. The van der Waals surface area contributed by atoms with Gasteiger partial charge in [-0.1, -0.05) is 25.0 Å². The summed E-state index contributed by atoms with van der Waals surface area (Å²) in [6.07, 6.45) is 5.21. The number of hydrogen-bond acceptors (Lipinski definition) is 3. The van der Waals surface area contributed by atoms with Crippen LogP contribution in [0.25, 0.3) is 0 Å². The summed E-state index contributed by atoms with van der Waals surface area (Å²) in [4.78, 5) is 13.4. The molecule has 0 bridgehead atoms. The first kappa shape index (κ1) is 15.4. The number of thioether (sulfide) groups is 1. The number of rotatable bonds is 5. The van der Waals surface area contributed by atoms with Gasteiger partial charge in [0.15, 0.2) is 0 Å². The molecule has 1 aromatic carbocycles. The van der Waals surface area contributed by atoms with Crippen molar-refractivity contribution in [2.24, 2.45) is 11.1 Å². The van der Waals surface area contributed by atoms with Crippen LogP contribution < -0.4 is 11.1 Å². The van der Waals surface area contributed by atoms with E-state index in [1.165, 1.54) is 30.6 Å². The molecule has 0 heterocycles. The minimum absolute atomic E-state index is 0.0144. The van der Waals surface area contributed by atoms with Gasteiger partial charge in [-0.2, -0.15) is 0 Å². The number of hydrogen-bond donors (Lipinski definition) is 2. The molecule has 0 radical (unpaired) electrons. The van der Waals surface area contributed by atoms with Gasteiger partial charge in [0.05, 0.1) is 11.1 Å². The standard InChI is InChI=1S/C16H24N2OS/c1-16(2,11-17)15(19)18-13-9-5-6-10-14(13)20-12-7-3-4-8-12/h5-6,9-10,12H,3-4,7-8,11,17H2,1-2H3,(H,18,19). The number of carbonyl (C=O) groups is 1. The quantitative estimate of drug-likeness (QED) is 0.871. The van der Waals surface area contributed by atoms with Crippen LogP contribution in [0.5, 0.6) is 0 Å². The third-order valence-electron chi connectivity index (χ3n) is 3.86. The summed E-state index contributed by atoms with van der Waals surface area (Å²) in [6, 6.07) is 8.06. The summed E-state index contributed by atoms with van der Waals surface area (Å²) in [7, 11) is 0. The first-order chi connectivity index (χ1) is 9.53. The average molecular weight is 292 g/mol. The number of amides is 1. The fraction of sp³-hybridized carbons (Fsp3) is 0.562. The largest absolute Gasteiger partial charge is 0.329 e. The molecule has 1 fully saturated rings. The molecule has 2 rings (SSSR count). The molecule has 3 N–H and O–H groups in total. The maximum absolute atomic E-state index is 12.3. The predicted molar refractivity (Wildman–Crippen MR) is 86.0 cm³/mol. The first-order valence-electron chi connectivity index (χ1n) is 7.30. The Morgan fingerprint density at radius 2 is 2.00 bits per heavy atom. The smallest absolute Gasteiger partial charge is 0.231 e. The Kier molecular flexibility index (Phi) is 5.11. The molecule has 0 atom stereocenters. The highest BCUT2D eigenvalue weighted by Crippen LogP contribution is 2.38. The summed E-state index contributed by atoms with van der Waals surface area (Å²) < 4.78 is 0. The lowest BCUT2D eigenvalue weighted by Crippen LogP contribution is -2.37. The van der Waals surface area contributed by atoms with Crippen molar-refractivity contribution in [1.82, 2.24) is 0 Å². The second-order valence-corrected chi connectivity index (χ2v) is 7.40. The Balaban J connectivity index is 2.09. The maximum Gasteiger partial charge on any atom is 0.231 e. The molecule has 1 saturated carbocycles. The number of carbonyl (C=O) groups excluding carboxylic acids is 1. The van der Waals surface area contributed by atoms with Crippen LogP contribution in [-0.4, -0.2) is 17.7 Å². The van der Waals surface area contributed by atoms with Crippen molar-refractivity contribution in [3.63, 3.8) is 0 Å². The fourth-order valence-electron chi connectivity index (χ4n) is 2.24. The Labute approximate surface area is 125 Å². The lowest BCUT2D eigenvalue weighted by molar-refractivity contribution is -0.123. The van der Waals surface area contributed by atoms with Gasteiger partial charge in [-0.05, 0) is 38.8 Å². The highest BCUT2D eigenvalue weighted by Gasteiger charge is 2.26. The van der Waals surface area contributed by atoms with Gasteiger partial charge in [0.1, 0.15) is 0 Å². The van der Waals surface area contributed by atoms with E-state index in [0.717, 1.165) is 5.69 Å². The highest BCUT2D eigenvalue weighted by molar-refractivity contribution is 8.00. The SMILES string of the molecule is CC(C)(CN)C(=O)Nc1ccccc1SC1CCCC1. The zero-order chi connectivity index (χ0) is 14.6. The fourth-order valence-corrected chi connectivity index (χ4v) is 3.57. The topological polar surface area (TPSA) is 55.1 Å². The van der Waals surface area contributed by atoms with Gasteiger partial charge < -0.3 is 11.1 Å². The van der Waals surface area contributed by atoms with Crippen molar-refractivity contribution in [1.29, 1.82) is 0 Å². The molecule has 20 heavy (non-hydrogen) atoms. The molecule has 4 heteroatoms. The van der Waals surface area contributed by atoms with E-state index in [0.29, 0.717) is 11.8 Å². The van der Waals surface area contributed by atoms with Crippen molar-refractivity contribution in [2.75, 3.05) is 11.9 Å². The molecule has 0 spiro atoms. The zero-order valence-corrected chi connectivity index (χ0v) is 13.1. The van der Waals surface area contributed by atoms with Crippen LogP contribution in [0.1, 0.15) is 39.5 Å². The number of anilines is 1. The second-order valence-electron chi connectivity index (χ2n) is 6.06. The molecule has 1 aliphatic rings. The predicted octanol–water partition coefficient (Wildman–Crippen LogP) is 3.64. The van der Waals surface area contributed by atoms with E-state index in [-0.39, 0.29) is 5.91 Å². The van der Waals surface area contributed by atoms with Crippen LogP contribution in [0.4, 0.5) is 5.69 Å². The van der Waals surface area contributed by atoms with Crippen molar-refractivity contribution in [3.8, 4) is 0 Å². The summed E-state index contributed by atoms with van der Waals surface area (Å²) in [5.41, 5.74) is 6.04. The minimum atomic E-state index is -0.537. The molecule has 0 unspecified atom stereocenters. The van der Waals surface area contributed by atoms with E-state index < -0.39 is 5.41 Å². The van der Waals surface area contributed by atoms with Gasteiger partial charge >= 0.3 is 0 Å². The van der Waals surface area contributed by atoms with E-state index in [2.05, 4.69) is 11.4 Å². The molecular weight excluding hydrogens is 268 g/mol. The monoisotopic (exact) mass is 292 g/mol. The highest BCUT2D eigenvalue weighted by atomic mass is 32.2. The molecular formula is C16H24N2OS. The van der Waals surface area contributed by atoms with Crippen LogP contribution in [-0.2, 0) is 4.79 Å². The molecule has 1 aliphatic carbocycles. The number of nitrogens with two attached hydrogens (primary N) is 1. The average Bonchev–Trinajstić information content (AvgIpc) is 2.94. The summed E-state index contributed by atoms with van der Waals surface area (Å²) in [5.74, 6) is -0.0144. The Bertz CT molecular complexity index is 467. The van der Waals surface area contributed by atoms with Crippen LogP contribution in [0.3, 0.4) is 0 Å². The first-order valence-corrected chi connectivity index (χ1v) is 8.18. The van der Waals surface area contributed by atoms with Crippen molar-refractivity contribution >= 4 is 23.4 Å². The Morgan fingerprint density at radius 3 is 2.65 bits per heavy atom. The van der Waals surface area contributed by atoms with Crippen LogP contribution in [0, 0.1) is 5.41 Å². The molecule has 1 amide bonds. The summed E-state index contributed by atoms with van der Waals surface area (Å²) in [6.45, 7) is 4.08. The molecule has 0 aliphatic heterocycles. The van der Waals surface area contributed by atoms with Gasteiger partial charge in [-0.25, -0.2) is 0 Å². The van der Waals surface area contributed by atoms with Gasteiger partial charge in [0.2, 0.25) is 5.91 Å². The lowest BCUT2D eigenvalue weighted by atomic mass is 9.92. The third-order valence-corrected chi connectivity index (χ3v) is 5.27. The molecule has 110 valence electrons. The number of nitrogens with one attached hydrogen (secondary N) is 1. The number of para-hydroxylation sites is 1. The van der Waals surface area contributed by atoms with Crippen LogP contribution in [0.15, 0.2) is 29.2 Å². The van der Waals surface area contributed by atoms with Crippen molar-refractivity contribution < 1.29 is 4.79 Å². The number of benzene rings is 1. The van der Waals surface area contributed by atoms with Gasteiger partial charge in [-0.15, -0.1) is 11.8 Å². The van der Waals surface area contributed by atoms with E-state index in [4.69, 9.17) is 5.73 Å². The molecule has 0 saturated heterocycles. The molecule has 0 aromatic heterocycles. The zero-order valence-electron chi connectivity index (χ0n) is 12.3. The third kappa shape index (κ3) is 3.76. The van der Waals surface area contributed by atoms with Gasteiger partial charge in [-0.3, -0.25) is 4.79 Å². The normalized spacial score (nSPS) is 16.4. The minimum Gasteiger partial charge on any atom is -0.329 e. The van der Waals surface area contributed by atoms with Crippen LogP contribution in [0.2, 0.25) is 0 Å². The van der Waals surface area contributed by atoms with Crippen molar-refractivity contribution in [2.45, 2.75) is 49.7 Å². The van der Waals surface area contributed by atoms with E-state index in [1.54, 1.807) is 0 Å². The second kappa shape index (κ2) is 6.64. The Hall–Kier alpha value is -1.00. The van der Waals surface area contributed by atoms with E-state index in [1.807, 2.05) is 43.8 Å². The van der Waals surface area contributed by atoms with E-state index in [9.17, 15) is 4.79 Å². The lowest BCUT2D eigenvalue weighted by Gasteiger charge is -2.22. The van der Waals surface area contributed by atoms with Gasteiger partial charge in [0.25, 0.3) is 0 Å². The molecule has 3 nitrogen and oxygen atoms in total. The molecule has 1 aromatic rings. The maximum atomic E-state index is 12.3. The van der Waals surface area contributed by atoms with Gasteiger partial charge in [0, 0.05) is 16.7 Å². The Morgan fingerprint density at radius 1 is 1.35 bits per heavy atom.